The van der Waals surface area contributed by atoms with Gasteiger partial charge in [-0.2, -0.15) is 0 Å². The summed E-state index contributed by atoms with van der Waals surface area (Å²) in [7, 11) is -1.41. The molecule has 0 saturated heterocycles. The molecule has 2 aromatic carbocycles. The average molecular weight is 279 g/mol. The molecule has 0 aliphatic heterocycles. The molecule has 0 radical (unpaired) electrons. The number of nitrogens with two attached hydrogens (primary N) is 1. The van der Waals surface area contributed by atoms with Gasteiger partial charge in [0.05, 0.1) is 21.4 Å². The van der Waals surface area contributed by atoms with Crippen LogP contribution < -0.4 is 10.5 Å². The summed E-state index contributed by atoms with van der Waals surface area (Å²) in [4.78, 5) is 0.207. The largest absolute Gasteiger partial charge is 0.493 e. The maximum Gasteiger partial charge on any atom is 0.139 e. The number of nitrogen functional groups attached to an aromatic ring is 1. The standard InChI is InChI=1S/C14H14FNO2S/c15-13-6-1-2-7-14(13)19(17)9-8-18-12-5-3-4-11(16)10-12/h1-7,10H,8-9,16H2. The maximum atomic E-state index is 13.4. The Bertz CT molecular complexity index is 589. The quantitative estimate of drug-likeness (QED) is 0.856. The van der Waals surface area contributed by atoms with Gasteiger partial charge in [-0.1, -0.05) is 18.2 Å². The van der Waals surface area contributed by atoms with Crippen LogP contribution in [0.5, 0.6) is 5.75 Å². The highest BCUT2D eigenvalue weighted by Gasteiger charge is 2.09. The molecule has 100 valence electrons. The summed E-state index contributed by atoms with van der Waals surface area (Å²) in [6.07, 6.45) is 0. The minimum absolute atomic E-state index is 0.207. The van der Waals surface area contributed by atoms with E-state index in [1.165, 1.54) is 12.1 Å². The molecule has 0 bridgehead atoms. The van der Waals surface area contributed by atoms with Crippen molar-refractivity contribution in [3.05, 3.63) is 54.3 Å². The summed E-state index contributed by atoms with van der Waals surface area (Å²) in [5, 5.41) is 0. The second-order valence-electron chi connectivity index (χ2n) is 3.90. The Morgan fingerprint density at radius 3 is 2.68 bits per heavy atom. The fraction of sp³-hybridized carbons (Fsp3) is 0.143. The van der Waals surface area contributed by atoms with Crippen LogP contribution in [0.1, 0.15) is 0 Å². The number of hydrogen-bond donors (Lipinski definition) is 1. The van der Waals surface area contributed by atoms with Crippen LogP contribution in [0.4, 0.5) is 10.1 Å². The van der Waals surface area contributed by atoms with Crippen molar-refractivity contribution < 1.29 is 13.3 Å². The molecule has 0 aliphatic rings. The van der Waals surface area contributed by atoms with Crippen LogP contribution in [0.2, 0.25) is 0 Å². The van der Waals surface area contributed by atoms with E-state index in [-0.39, 0.29) is 17.3 Å². The van der Waals surface area contributed by atoms with Gasteiger partial charge in [0.25, 0.3) is 0 Å². The maximum absolute atomic E-state index is 13.4. The Labute approximate surface area is 113 Å². The zero-order valence-electron chi connectivity index (χ0n) is 10.2. The summed E-state index contributed by atoms with van der Waals surface area (Å²) in [5.74, 6) is 0.394. The highest BCUT2D eigenvalue weighted by Crippen LogP contribution is 2.15. The smallest absolute Gasteiger partial charge is 0.139 e. The molecule has 0 aromatic heterocycles. The van der Waals surface area contributed by atoms with E-state index in [1.807, 2.05) is 0 Å². The summed E-state index contributed by atoms with van der Waals surface area (Å²) in [5.41, 5.74) is 6.22. The molecule has 2 rings (SSSR count). The first kappa shape index (κ1) is 13.5. The van der Waals surface area contributed by atoms with Gasteiger partial charge in [-0.3, -0.25) is 4.21 Å². The normalized spacial score (nSPS) is 12.1. The third-order valence-electron chi connectivity index (χ3n) is 2.48. The number of ether oxygens (including phenoxy) is 1. The Kier molecular flexibility index (Phi) is 4.52. The minimum atomic E-state index is -1.41. The zero-order chi connectivity index (χ0) is 13.7. The molecule has 1 atom stereocenters. The average Bonchev–Trinajstić information content (AvgIpc) is 2.39. The van der Waals surface area contributed by atoms with Gasteiger partial charge in [-0.05, 0) is 24.3 Å². The lowest BCUT2D eigenvalue weighted by atomic mass is 10.3. The Morgan fingerprint density at radius 2 is 1.95 bits per heavy atom. The van der Waals surface area contributed by atoms with Crippen molar-refractivity contribution in [2.45, 2.75) is 4.90 Å². The van der Waals surface area contributed by atoms with Crippen LogP contribution >= 0.6 is 0 Å². The van der Waals surface area contributed by atoms with Crippen molar-refractivity contribution >= 4 is 16.5 Å². The van der Waals surface area contributed by atoms with Gasteiger partial charge < -0.3 is 10.5 Å². The van der Waals surface area contributed by atoms with Gasteiger partial charge in [0, 0.05) is 11.8 Å². The van der Waals surface area contributed by atoms with E-state index in [0.29, 0.717) is 11.4 Å². The summed E-state index contributed by atoms with van der Waals surface area (Å²) in [6, 6.07) is 13.0. The number of rotatable bonds is 5. The van der Waals surface area contributed by atoms with Crippen molar-refractivity contribution in [3.63, 3.8) is 0 Å². The monoisotopic (exact) mass is 279 g/mol. The SMILES string of the molecule is Nc1cccc(OCCS(=O)c2ccccc2F)c1. The highest BCUT2D eigenvalue weighted by molar-refractivity contribution is 7.85. The molecule has 3 nitrogen and oxygen atoms in total. The van der Waals surface area contributed by atoms with E-state index in [4.69, 9.17) is 10.5 Å². The lowest BCUT2D eigenvalue weighted by molar-refractivity contribution is 0.343. The first-order valence-corrected chi connectivity index (χ1v) is 7.10. The van der Waals surface area contributed by atoms with Gasteiger partial charge in [0.1, 0.15) is 18.2 Å². The fourth-order valence-electron chi connectivity index (χ4n) is 1.58. The molecular formula is C14H14FNO2S. The first-order chi connectivity index (χ1) is 9.16. The molecule has 0 amide bonds. The lowest BCUT2D eigenvalue weighted by Crippen LogP contribution is -2.09. The molecule has 19 heavy (non-hydrogen) atoms. The van der Waals surface area contributed by atoms with Gasteiger partial charge in [-0.15, -0.1) is 0 Å². The van der Waals surface area contributed by atoms with Gasteiger partial charge in [0.15, 0.2) is 0 Å². The van der Waals surface area contributed by atoms with E-state index in [9.17, 15) is 8.60 Å². The van der Waals surface area contributed by atoms with Crippen LogP contribution in [0.3, 0.4) is 0 Å². The Morgan fingerprint density at radius 1 is 1.16 bits per heavy atom. The van der Waals surface area contributed by atoms with Crippen LogP contribution in [0.15, 0.2) is 53.4 Å². The van der Waals surface area contributed by atoms with E-state index in [0.717, 1.165) is 0 Å². The van der Waals surface area contributed by atoms with Crippen LogP contribution in [-0.4, -0.2) is 16.6 Å². The number of anilines is 1. The molecule has 2 aromatic rings. The Balaban J connectivity index is 1.90. The van der Waals surface area contributed by atoms with Crippen LogP contribution in [0.25, 0.3) is 0 Å². The highest BCUT2D eigenvalue weighted by atomic mass is 32.2. The topological polar surface area (TPSA) is 52.3 Å². The Hall–Kier alpha value is -1.88. The zero-order valence-corrected chi connectivity index (χ0v) is 11.0. The van der Waals surface area contributed by atoms with Crippen molar-refractivity contribution in [1.82, 2.24) is 0 Å². The lowest BCUT2D eigenvalue weighted by Gasteiger charge is -2.07. The molecule has 5 heteroatoms. The number of hydrogen-bond acceptors (Lipinski definition) is 3. The number of benzene rings is 2. The summed E-state index contributed by atoms with van der Waals surface area (Å²) >= 11 is 0. The molecule has 2 N–H and O–H groups in total. The summed E-state index contributed by atoms with van der Waals surface area (Å²) < 4.78 is 30.7. The van der Waals surface area contributed by atoms with E-state index < -0.39 is 16.6 Å². The van der Waals surface area contributed by atoms with E-state index in [1.54, 1.807) is 36.4 Å². The third-order valence-corrected chi connectivity index (χ3v) is 3.84. The second kappa shape index (κ2) is 6.33. The molecule has 0 spiro atoms. The van der Waals surface area contributed by atoms with Gasteiger partial charge in [-0.25, -0.2) is 4.39 Å². The molecule has 0 saturated carbocycles. The van der Waals surface area contributed by atoms with Crippen LogP contribution in [0, 0.1) is 5.82 Å². The number of halogens is 1. The molecular weight excluding hydrogens is 265 g/mol. The van der Waals surface area contributed by atoms with Gasteiger partial charge >= 0.3 is 0 Å². The minimum Gasteiger partial charge on any atom is -0.493 e. The molecule has 0 fully saturated rings. The van der Waals surface area contributed by atoms with Crippen molar-refractivity contribution in [2.75, 3.05) is 18.1 Å². The van der Waals surface area contributed by atoms with E-state index >= 15 is 0 Å². The second-order valence-corrected chi connectivity index (χ2v) is 5.44. The van der Waals surface area contributed by atoms with Gasteiger partial charge in [0.2, 0.25) is 0 Å². The predicted octanol–water partition coefficient (Wildman–Crippen LogP) is 2.59. The van der Waals surface area contributed by atoms with Crippen LogP contribution in [-0.2, 0) is 10.8 Å². The molecule has 1 unspecified atom stereocenters. The van der Waals surface area contributed by atoms with E-state index in [2.05, 4.69) is 0 Å². The third kappa shape index (κ3) is 3.79. The van der Waals surface area contributed by atoms with Crippen molar-refractivity contribution in [1.29, 1.82) is 0 Å². The predicted molar refractivity (Wildman–Crippen MR) is 74.0 cm³/mol. The first-order valence-electron chi connectivity index (χ1n) is 5.78. The summed E-state index contributed by atoms with van der Waals surface area (Å²) in [6.45, 7) is 0.240. The fourth-order valence-corrected chi connectivity index (χ4v) is 2.55. The van der Waals surface area contributed by atoms with Crippen molar-refractivity contribution in [3.8, 4) is 5.75 Å². The van der Waals surface area contributed by atoms with Crippen molar-refractivity contribution in [2.24, 2.45) is 0 Å². The molecule has 0 aliphatic carbocycles. The molecule has 0 heterocycles.